The molecule has 1 spiro atoms. The first kappa shape index (κ1) is 21.0. The lowest BCUT2D eigenvalue weighted by atomic mass is 9.82. The van der Waals surface area contributed by atoms with E-state index in [9.17, 15) is 13.2 Å². The van der Waals surface area contributed by atoms with E-state index >= 15 is 0 Å². The van der Waals surface area contributed by atoms with Gasteiger partial charge < -0.3 is 10.7 Å². The lowest BCUT2D eigenvalue weighted by molar-refractivity contribution is -0.137. The molecule has 3 N–H and O–H groups in total. The van der Waals surface area contributed by atoms with Gasteiger partial charge in [0.05, 0.1) is 17.3 Å². The standard InChI is InChI=1S/C22H26F3N7/c1-13(2)18(20-27-5-6-28-20)31-7-3-21(12-31)4-8-32-17(21)10-16(30-32)14-9-15(22(23,24)25)19(26)29-11-14/h5-6,9-11,13,18H,3-4,7-8,12H2,1-2H3,(H2,26,29)(H,27,28)/t18?,21-/m1/s1. The zero-order valence-corrected chi connectivity index (χ0v) is 18.0. The van der Waals surface area contributed by atoms with E-state index in [1.165, 1.54) is 6.20 Å². The Bertz CT molecular complexity index is 1120. The van der Waals surface area contributed by atoms with Crippen LogP contribution in [0.2, 0.25) is 0 Å². The Balaban J connectivity index is 1.45. The van der Waals surface area contributed by atoms with Crippen molar-refractivity contribution in [3.8, 4) is 11.3 Å². The van der Waals surface area contributed by atoms with E-state index < -0.39 is 17.6 Å². The monoisotopic (exact) mass is 445 g/mol. The highest BCUT2D eigenvalue weighted by Gasteiger charge is 2.48. The number of anilines is 1. The second-order valence-electron chi connectivity index (χ2n) is 9.21. The Morgan fingerprint density at radius 1 is 1.16 bits per heavy atom. The van der Waals surface area contributed by atoms with Crippen molar-refractivity contribution >= 4 is 5.82 Å². The van der Waals surface area contributed by atoms with E-state index in [-0.39, 0.29) is 11.5 Å². The molecule has 0 bridgehead atoms. The molecule has 1 unspecified atom stereocenters. The van der Waals surface area contributed by atoms with Gasteiger partial charge in [0.1, 0.15) is 11.6 Å². The van der Waals surface area contributed by atoms with Gasteiger partial charge in [0.15, 0.2) is 0 Å². The molecule has 32 heavy (non-hydrogen) atoms. The van der Waals surface area contributed by atoms with Crippen LogP contribution in [0.15, 0.2) is 30.7 Å². The topological polar surface area (TPSA) is 88.7 Å². The highest BCUT2D eigenvalue weighted by molar-refractivity contribution is 5.63. The van der Waals surface area contributed by atoms with Crippen LogP contribution in [-0.4, -0.2) is 42.7 Å². The first-order chi connectivity index (χ1) is 15.2. The van der Waals surface area contributed by atoms with Crippen molar-refractivity contribution in [3.63, 3.8) is 0 Å². The van der Waals surface area contributed by atoms with Gasteiger partial charge >= 0.3 is 6.18 Å². The molecule has 170 valence electrons. The summed E-state index contributed by atoms with van der Waals surface area (Å²) in [6.07, 6.45) is 2.40. The fourth-order valence-electron chi connectivity index (χ4n) is 5.35. The quantitative estimate of drug-likeness (QED) is 0.633. The molecule has 2 aliphatic rings. The van der Waals surface area contributed by atoms with Crippen molar-refractivity contribution < 1.29 is 13.2 Å². The number of likely N-dealkylation sites (tertiary alicyclic amines) is 1. The van der Waals surface area contributed by atoms with Gasteiger partial charge in [-0.15, -0.1) is 0 Å². The molecule has 2 aliphatic heterocycles. The molecule has 0 saturated carbocycles. The van der Waals surface area contributed by atoms with E-state index in [2.05, 4.69) is 38.8 Å². The van der Waals surface area contributed by atoms with Crippen molar-refractivity contribution in [2.45, 2.75) is 50.9 Å². The maximum Gasteiger partial charge on any atom is 0.419 e. The molecule has 3 aromatic rings. The van der Waals surface area contributed by atoms with E-state index in [1.807, 2.05) is 16.9 Å². The minimum Gasteiger partial charge on any atom is -0.383 e. The number of alkyl halides is 3. The summed E-state index contributed by atoms with van der Waals surface area (Å²) in [5.74, 6) is 0.838. The molecule has 10 heteroatoms. The molecule has 5 heterocycles. The second kappa shape index (κ2) is 7.33. The van der Waals surface area contributed by atoms with Crippen molar-refractivity contribution in [1.29, 1.82) is 0 Å². The molecule has 2 atom stereocenters. The number of fused-ring (bicyclic) bond motifs is 2. The normalized spacial score (nSPS) is 22.2. The van der Waals surface area contributed by atoms with Crippen molar-refractivity contribution in [2.75, 3.05) is 18.8 Å². The lowest BCUT2D eigenvalue weighted by Gasteiger charge is -2.31. The molecule has 1 fully saturated rings. The van der Waals surface area contributed by atoms with Gasteiger partial charge in [-0.3, -0.25) is 9.58 Å². The van der Waals surface area contributed by atoms with Crippen LogP contribution in [0.25, 0.3) is 11.3 Å². The van der Waals surface area contributed by atoms with Gasteiger partial charge in [0.25, 0.3) is 0 Å². The number of pyridine rings is 1. The zero-order valence-electron chi connectivity index (χ0n) is 18.0. The first-order valence-corrected chi connectivity index (χ1v) is 10.8. The number of nitrogens with one attached hydrogen (secondary N) is 1. The number of H-pyrrole nitrogens is 1. The van der Waals surface area contributed by atoms with Crippen LogP contribution in [0.3, 0.4) is 0 Å². The fourth-order valence-corrected chi connectivity index (χ4v) is 5.35. The minimum absolute atomic E-state index is 0.0565. The summed E-state index contributed by atoms with van der Waals surface area (Å²) in [6, 6.07) is 3.16. The summed E-state index contributed by atoms with van der Waals surface area (Å²) < 4.78 is 41.8. The van der Waals surface area contributed by atoms with Crippen LogP contribution in [0, 0.1) is 5.92 Å². The summed E-state index contributed by atoms with van der Waals surface area (Å²) in [5.41, 5.74) is 6.39. The summed E-state index contributed by atoms with van der Waals surface area (Å²) in [6.45, 7) is 6.95. The molecular weight excluding hydrogens is 419 g/mol. The molecule has 3 aromatic heterocycles. The summed E-state index contributed by atoms with van der Waals surface area (Å²) in [5, 5.41) is 4.62. The summed E-state index contributed by atoms with van der Waals surface area (Å²) in [7, 11) is 0. The van der Waals surface area contributed by atoms with Gasteiger partial charge in [-0.1, -0.05) is 13.8 Å². The first-order valence-electron chi connectivity index (χ1n) is 10.8. The van der Waals surface area contributed by atoms with Crippen molar-refractivity contribution in [2.24, 2.45) is 5.92 Å². The molecule has 0 aromatic carbocycles. The van der Waals surface area contributed by atoms with Gasteiger partial charge in [0, 0.05) is 48.4 Å². The third kappa shape index (κ3) is 3.37. The molecule has 0 aliphatic carbocycles. The number of imidazole rings is 1. The maximum absolute atomic E-state index is 13.3. The maximum atomic E-state index is 13.3. The Kier molecular flexibility index (Phi) is 4.81. The van der Waals surface area contributed by atoms with Crippen LogP contribution >= 0.6 is 0 Å². The van der Waals surface area contributed by atoms with Crippen LogP contribution in [0.5, 0.6) is 0 Å². The number of rotatable bonds is 4. The van der Waals surface area contributed by atoms with E-state index in [1.54, 1.807) is 6.20 Å². The van der Waals surface area contributed by atoms with Crippen molar-refractivity contribution in [1.82, 2.24) is 29.6 Å². The van der Waals surface area contributed by atoms with Crippen molar-refractivity contribution in [3.05, 3.63) is 47.8 Å². The van der Waals surface area contributed by atoms with Gasteiger partial charge in [0.2, 0.25) is 0 Å². The lowest BCUT2D eigenvalue weighted by Crippen LogP contribution is -2.34. The Morgan fingerprint density at radius 2 is 1.94 bits per heavy atom. The average molecular weight is 445 g/mol. The Labute approximate surface area is 183 Å². The van der Waals surface area contributed by atoms with Crippen LogP contribution in [0.4, 0.5) is 19.0 Å². The number of nitrogens with two attached hydrogens (primary N) is 1. The van der Waals surface area contributed by atoms with E-state index in [0.29, 0.717) is 17.2 Å². The SMILES string of the molecule is CC(C)C(c1ncc[nH]1)N1CC[C@@]2(CCn3nc(-c4cnc(N)c(C(F)(F)F)c4)cc32)C1. The number of nitrogens with zero attached hydrogens (tertiary/aromatic N) is 5. The smallest absolute Gasteiger partial charge is 0.383 e. The zero-order chi connectivity index (χ0) is 22.7. The third-order valence-corrected chi connectivity index (χ3v) is 6.85. The molecular formula is C22H26F3N7. The van der Waals surface area contributed by atoms with Gasteiger partial charge in [-0.05, 0) is 37.4 Å². The molecule has 5 rings (SSSR count). The molecule has 0 radical (unpaired) electrons. The van der Waals surface area contributed by atoms with Gasteiger partial charge in [-0.25, -0.2) is 9.97 Å². The highest BCUT2D eigenvalue weighted by atomic mass is 19.4. The Hall–Kier alpha value is -2.88. The largest absolute Gasteiger partial charge is 0.419 e. The highest BCUT2D eigenvalue weighted by Crippen LogP contribution is 2.46. The predicted molar refractivity (Wildman–Crippen MR) is 114 cm³/mol. The summed E-state index contributed by atoms with van der Waals surface area (Å²) >= 11 is 0. The van der Waals surface area contributed by atoms with Crippen LogP contribution in [0.1, 0.15) is 49.8 Å². The average Bonchev–Trinajstić information content (AvgIpc) is 3.49. The second-order valence-corrected chi connectivity index (χ2v) is 9.21. The molecule has 0 amide bonds. The minimum atomic E-state index is -4.56. The summed E-state index contributed by atoms with van der Waals surface area (Å²) in [4.78, 5) is 14.0. The fraction of sp³-hybridized carbons (Fsp3) is 0.500. The third-order valence-electron chi connectivity index (χ3n) is 6.85. The number of hydrogen-bond donors (Lipinski definition) is 2. The molecule has 1 saturated heterocycles. The number of aromatic nitrogens is 5. The number of halogens is 3. The van der Waals surface area contributed by atoms with Crippen LogP contribution < -0.4 is 5.73 Å². The Morgan fingerprint density at radius 3 is 2.62 bits per heavy atom. The number of aromatic amines is 1. The van der Waals surface area contributed by atoms with Gasteiger partial charge in [-0.2, -0.15) is 18.3 Å². The predicted octanol–water partition coefficient (Wildman–Crippen LogP) is 4.01. The number of hydrogen-bond acceptors (Lipinski definition) is 5. The number of nitrogen functional groups attached to an aromatic ring is 1. The van der Waals surface area contributed by atoms with E-state index in [4.69, 9.17) is 5.73 Å². The molecule has 7 nitrogen and oxygen atoms in total. The van der Waals surface area contributed by atoms with Crippen LogP contribution in [-0.2, 0) is 18.1 Å². The number of aryl methyl sites for hydroxylation is 1. The van der Waals surface area contributed by atoms with E-state index in [0.717, 1.165) is 50.1 Å².